The standard InChI is InChI=1S/C15H18NOSi/c1-3-18(13-5-12-17-11-4-10-16)15-8-6-14(2)7-9-15/h6-9H,3-4,11-12H2,1-2H3. The summed E-state index contributed by atoms with van der Waals surface area (Å²) >= 11 is 0. The van der Waals surface area contributed by atoms with Gasteiger partial charge in [0, 0.05) is 0 Å². The molecule has 0 saturated heterocycles. The van der Waals surface area contributed by atoms with Crippen LogP contribution in [0.3, 0.4) is 0 Å². The second-order valence-electron chi connectivity index (χ2n) is 3.96. The number of ether oxygens (including phenoxy) is 1. The first-order valence-corrected chi connectivity index (χ1v) is 7.85. The zero-order chi connectivity index (χ0) is 13.2. The average molecular weight is 256 g/mol. The van der Waals surface area contributed by atoms with E-state index in [-0.39, 0.29) is 0 Å². The van der Waals surface area contributed by atoms with Crippen molar-refractivity contribution in [1.82, 2.24) is 0 Å². The Hall–Kier alpha value is -1.55. The fraction of sp³-hybridized carbons (Fsp3) is 0.400. The molecule has 0 aliphatic rings. The smallest absolute Gasteiger partial charge is 0.178 e. The van der Waals surface area contributed by atoms with Gasteiger partial charge >= 0.3 is 0 Å². The van der Waals surface area contributed by atoms with Gasteiger partial charge in [0.1, 0.15) is 6.61 Å². The molecule has 1 rings (SSSR count). The molecule has 1 aromatic rings. The highest BCUT2D eigenvalue weighted by Gasteiger charge is 2.08. The number of benzene rings is 1. The summed E-state index contributed by atoms with van der Waals surface area (Å²) in [5.41, 5.74) is 4.61. The van der Waals surface area contributed by atoms with Crippen LogP contribution in [0.1, 0.15) is 18.9 Å². The lowest BCUT2D eigenvalue weighted by Gasteiger charge is -2.05. The summed E-state index contributed by atoms with van der Waals surface area (Å²) in [5, 5.41) is 9.72. The fourth-order valence-corrected chi connectivity index (χ4v) is 3.09. The Balaban J connectivity index is 2.49. The number of hydrogen-bond acceptors (Lipinski definition) is 2. The van der Waals surface area contributed by atoms with Gasteiger partial charge in [-0.05, 0) is 18.2 Å². The zero-order valence-electron chi connectivity index (χ0n) is 11.0. The van der Waals surface area contributed by atoms with E-state index in [2.05, 4.69) is 49.6 Å². The Bertz CT molecular complexity index is 450. The Morgan fingerprint density at radius 2 is 2.00 bits per heavy atom. The molecule has 3 heteroatoms. The third kappa shape index (κ3) is 5.18. The fourth-order valence-electron chi connectivity index (χ4n) is 1.50. The molecule has 0 fully saturated rings. The molecule has 0 aliphatic heterocycles. The Morgan fingerprint density at radius 3 is 2.61 bits per heavy atom. The van der Waals surface area contributed by atoms with Crippen LogP contribution >= 0.6 is 0 Å². The van der Waals surface area contributed by atoms with Crippen molar-refractivity contribution in [2.45, 2.75) is 26.3 Å². The molecule has 0 N–H and O–H groups in total. The summed E-state index contributed by atoms with van der Waals surface area (Å²) < 4.78 is 5.24. The predicted molar refractivity (Wildman–Crippen MR) is 75.9 cm³/mol. The van der Waals surface area contributed by atoms with E-state index in [0.717, 1.165) is 6.04 Å². The van der Waals surface area contributed by atoms with Crippen molar-refractivity contribution in [1.29, 1.82) is 5.26 Å². The Kier molecular flexibility index (Phi) is 6.87. The van der Waals surface area contributed by atoms with Crippen LogP contribution in [-0.2, 0) is 4.74 Å². The van der Waals surface area contributed by atoms with Crippen LogP contribution in [0.15, 0.2) is 24.3 Å². The van der Waals surface area contributed by atoms with Gasteiger partial charge in [-0.3, -0.25) is 0 Å². The zero-order valence-corrected chi connectivity index (χ0v) is 12.0. The van der Waals surface area contributed by atoms with Crippen molar-refractivity contribution in [2.24, 2.45) is 0 Å². The molecule has 0 amide bonds. The molecule has 1 radical (unpaired) electrons. The second-order valence-corrected chi connectivity index (χ2v) is 6.45. The van der Waals surface area contributed by atoms with E-state index in [9.17, 15) is 0 Å². The normalized spacial score (nSPS) is 9.67. The molecule has 0 spiro atoms. The molecule has 93 valence electrons. The largest absolute Gasteiger partial charge is 0.368 e. The van der Waals surface area contributed by atoms with Gasteiger partial charge in [0.25, 0.3) is 0 Å². The Labute approximate surface area is 111 Å². The lowest BCUT2D eigenvalue weighted by molar-refractivity contribution is 0.173. The van der Waals surface area contributed by atoms with E-state index >= 15 is 0 Å². The summed E-state index contributed by atoms with van der Waals surface area (Å²) in [6.45, 7) is 5.18. The maximum atomic E-state index is 8.36. The quantitative estimate of drug-likeness (QED) is 0.459. The number of rotatable bonds is 5. The molecule has 0 saturated carbocycles. The molecule has 18 heavy (non-hydrogen) atoms. The Morgan fingerprint density at radius 1 is 1.28 bits per heavy atom. The van der Waals surface area contributed by atoms with Crippen LogP contribution in [0.5, 0.6) is 0 Å². The first-order chi connectivity index (χ1) is 8.77. The third-order valence-corrected chi connectivity index (χ3v) is 4.74. The van der Waals surface area contributed by atoms with Crippen molar-refractivity contribution in [2.75, 3.05) is 13.2 Å². The van der Waals surface area contributed by atoms with Crippen molar-refractivity contribution >= 4 is 14.0 Å². The molecule has 0 aromatic heterocycles. The summed E-state index contributed by atoms with van der Waals surface area (Å²) in [6.07, 6.45) is 0.436. The monoisotopic (exact) mass is 256 g/mol. The van der Waals surface area contributed by atoms with Gasteiger partial charge in [-0.25, -0.2) is 0 Å². The van der Waals surface area contributed by atoms with Crippen molar-refractivity contribution in [3.8, 4) is 17.5 Å². The number of aryl methyl sites for hydroxylation is 1. The number of hydrogen-bond donors (Lipinski definition) is 0. The van der Waals surface area contributed by atoms with Crippen molar-refractivity contribution in [3.63, 3.8) is 0 Å². The molecule has 1 aromatic carbocycles. The van der Waals surface area contributed by atoms with Gasteiger partial charge in [0.15, 0.2) is 8.80 Å². The highest BCUT2D eigenvalue weighted by molar-refractivity contribution is 6.80. The van der Waals surface area contributed by atoms with Crippen molar-refractivity contribution in [3.05, 3.63) is 29.8 Å². The van der Waals surface area contributed by atoms with Crippen LogP contribution in [-0.4, -0.2) is 22.0 Å². The molecule has 0 aliphatic carbocycles. The van der Waals surface area contributed by atoms with Gasteiger partial charge < -0.3 is 4.74 Å². The van der Waals surface area contributed by atoms with E-state index in [4.69, 9.17) is 10.00 Å². The SMILES string of the molecule is CC[Si](C#CCOCCC#N)c1ccc(C)cc1. The topological polar surface area (TPSA) is 33.0 Å². The second kappa shape index (κ2) is 8.52. The van der Waals surface area contributed by atoms with Gasteiger partial charge in [-0.2, -0.15) is 5.26 Å². The summed E-state index contributed by atoms with van der Waals surface area (Å²) in [7, 11) is -0.777. The third-order valence-electron chi connectivity index (χ3n) is 2.53. The minimum atomic E-state index is -0.777. The van der Waals surface area contributed by atoms with Crippen LogP contribution < -0.4 is 5.19 Å². The molecule has 0 atom stereocenters. The minimum Gasteiger partial charge on any atom is -0.368 e. The first-order valence-electron chi connectivity index (χ1n) is 6.14. The first kappa shape index (κ1) is 14.5. The van der Waals surface area contributed by atoms with Gasteiger partial charge in [0.2, 0.25) is 0 Å². The highest BCUT2D eigenvalue weighted by atomic mass is 28.3. The molecule has 0 bridgehead atoms. The molecular formula is C15H18NOSi. The van der Waals surface area contributed by atoms with Gasteiger partial charge in [-0.1, -0.05) is 42.7 Å². The maximum Gasteiger partial charge on any atom is 0.178 e. The summed E-state index contributed by atoms with van der Waals surface area (Å²) in [6, 6.07) is 11.8. The van der Waals surface area contributed by atoms with Crippen LogP contribution in [0.2, 0.25) is 6.04 Å². The highest BCUT2D eigenvalue weighted by Crippen LogP contribution is 1.97. The molecular weight excluding hydrogens is 238 g/mol. The van der Waals surface area contributed by atoms with Gasteiger partial charge in [-0.15, -0.1) is 5.54 Å². The number of nitriles is 1. The van der Waals surface area contributed by atoms with E-state index in [1.54, 1.807) is 0 Å². The number of nitrogens with zero attached hydrogens (tertiary/aromatic N) is 1. The van der Waals surface area contributed by atoms with E-state index < -0.39 is 8.80 Å². The molecule has 2 nitrogen and oxygen atoms in total. The van der Waals surface area contributed by atoms with Crippen LogP contribution in [0.25, 0.3) is 0 Å². The minimum absolute atomic E-state index is 0.432. The summed E-state index contributed by atoms with van der Waals surface area (Å²) in [4.78, 5) is 0. The predicted octanol–water partition coefficient (Wildman–Crippen LogP) is 2.19. The van der Waals surface area contributed by atoms with Crippen LogP contribution in [0.4, 0.5) is 0 Å². The van der Waals surface area contributed by atoms with Crippen LogP contribution in [0, 0.1) is 29.7 Å². The van der Waals surface area contributed by atoms with E-state index in [1.165, 1.54) is 10.8 Å². The van der Waals surface area contributed by atoms with E-state index in [0.29, 0.717) is 19.6 Å². The molecule has 0 heterocycles. The molecule has 0 unspecified atom stereocenters. The van der Waals surface area contributed by atoms with Gasteiger partial charge in [0.05, 0.1) is 19.1 Å². The van der Waals surface area contributed by atoms with E-state index in [1.807, 2.05) is 6.07 Å². The lowest BCUT2D eigenvalue weighted by Crippen LogP contribution is -2.27. The summed E-state index contributed by atoms with van der Waals surface area (Å²) in [5.74, 6) is 3.07. The maximum absolute atomic E-state index is 8.36. The lowest BCUT2D eigenvalue weighted by atomic mass is 10.2. The van der Waals surface area contributed by atoms with Crippen molar-refractivity contribution < 1.29 is 4.74 Å². The average Bonchev–Trinajstić information content (AvgIpc) is 2.39.